The summed E-state index contributed by atoms with van der Waals surface area (Å²) in [7, 11) is 0. The van der Waals surface area contributed by atoms with Gasteiger partial charge in [-0.25, -0.2) is 9.97 Å². The minimum absolute atomic E-state index is 0.0963. The van der Waals surface area contributed by atoms with Crippen LogP contribution in [-0.2, 0) is 11.3 Å². The van der Waals surface area contributed by atoms with Gasteiger partial charge in [0.1, 0.15) is 17.2 Å². The number of aromatic nitrogens is 2. The first-order valence-electron chi connectivity index (χ1n) is 7.72. The molecule has 6 heteroatoms. The van der Waals surface area contributed by atoms with Crippen LogP contribution in [0.4, 0.5) is 0 Å². The van der Waals surface area contributed by atoms with Crippen LogP contribution in [0, 0.1) is 0 Å². The van der Waals surface area contributed by atoms with Crippen molar-refractivity contribution in [3.05, 3.63) is 41.0 Å². The summed E-state index contributed by atoms with van der Waals surface area (Å²) in [5.41, 5.74) is 0. The largest absolute Gasteiger partial charge is 0.472 e. The number of thiazole rings is 1. The molecule has 1 aliphatic heterocycles. The monoisotopic (exact) mass is 317 g/mol. The topological polar surface area (TPSA) is 47.5 Å². The molecular weight excluding hydrogens is 298 g/mol. The zero-order valence-corrected chi connectivity index (χ0v) is 13.1. The van der Waals surface area contributed by atoms with Gasteiger partial charge in [0.25, 0.3) is 0 Å². The maximum Gasteiger partial charge on any atom is 0.213 e. The maximum atomic E-state index is 6.05. The third-order valence-electron chi connectivity index (χ3n) is 4.38. The number of ether oxygens (including phenoxy) is 2. The standard InChI is InChI=1S/C16H19N3O2S/c1-2-6-17-14(3-1)21-13-5-4-12-16(13)20-9-8-19(12)11-15-18-7-10-22-15/h1-3,6-7,10,12-13,16H,4-5,8-9,11H2/t12-,13-,16+/m0/s1. The molecule has 1 saturated heterocycles. The molecule has 3 atom stereocenters. The highest BCUT2D eigenvalue weighted by Gasteiger charge is 2.44. The first-order valence-corrected chi connectivity index (χ1v) is 8.60. The predicted molar refractivity (Wildman–Crippen MR) is 83.9 cm³/mol. The number of rotatable bonds is 4. The van der Waals surface area contributed by atoms with Gasteiger partial charge in [0, 0.05) is 36.4 Å². The average molecular weight is 317 g/mol. The molecule has 4 rings (SSSR count). The lowest BCUT2D eigenvalue weighted by molar-refractivity contribution is -0.0922. The summed E-state index contributed by atoms with van der Waals surface area (Å²) in [4.78, 5) is 11.2. The minimum atomic E-state index is 0.0963. The van der Waals surface area contributed by atoms with Crippen molar-refractivity contribution in [1.82, 2.24) is 14.9 Å². The van der Waals surface area contributed by atoms with Gasteiger partial charge in [-0.15, -0.1) is 11.3 Å². The lowest BCUT2D eigenvalue weighted by atomic mass is 10.1. The normalized spacial score (nSPS) is 28.5. The molecule has 0 unspecified atom stereocenters. The molecule has 22 heavy (non-hydrogen) atoms. The molecule has 0 amide bonds. The Morgan fingerprint density at radius 2 is 2.27 bits per heavy atom. The molecule has 0 radical (unpaired) electrons. The quantitative estimate of drug-likeness (QED) is 0.866. The zero-order chi connectivity index (χ0) is 14.8. The number of fused-ring (bicyclic) bond motifs is 1. The van der Waals surface area contributed by atoms with Crippen LogP contribution in [0.3, 0.4) is 0 Å². The van der Waals surface area contributed by atoms with Gasteiger partial charge in [0.15, 0.2) is 0 Å². The average Bonchev–Trinajstić information content (AvgIpc) is 3.19. The van der Waals surface area contributed by atoms with Gasteiger partial charge in [-0.3, -0.25) is 4.90 Å². The lowest BCUT2D eigenvalue weighted by Crippen LogP contribution is -2.51. The zero-order valence-electron chi connectivity index (χ0n) is 12.3. The van der Waals surface area contributed by atoms with Crippen molar-refractivity contribution in [3.63, 3.8) is 0 Å². The predicted octanol–water partition coefficient (Wildman–Crippen LogP) is 2.35. The molecule has 116 valence electrons. The SMILES string of the molecule is c1ccc(O[C@H]2CC[C@H]3[C@H]2OCCN3Cc2nccs2)nc1. The Hall–Kier alpha value is -1.50. The third kappa shape index (κ3) is 2.86. The first kappa shape index (κ1) is 14.1. The molecule has 0 spiro atoms. The van der Waals surface area contributed by atoms with E-state index in [-0.39, 0.29) is 12.2 Å². The fourth-order valence-electron chi connectivity index (χ4n) is 3.39. The van der Waals surface area contributed by atoms with Crippen molar-refractivity contribution < 1.29 is 9.47 Å². The van der Waals surface area contributed by atoms with E-state index in [1.54, 1.807) is 17.5 Å². The summed E-state index contributed by atoms with van der Waals surface area (Å²) in [6, 6.07) is 6.18. The van der Waals surface area contributed by atoms with Crippen LogP contribution in [0.25, 0.3) is 0 Å². The van der Waals surface area contributed by atoms with E-state index in [0.29, 0.717) is 11.9 Å². The summed E-state index contributed by atoms with van der Waals surface area (Å²) in [6.45, 7) is 2.64. The Balaban J connectivity index is 1.44. The van der Waals surface area contributed by atoms with Gasteiger partial charge in [-0.05, 0) is 18.9 Å². The summed E-state index contributed by atoms with van der Waals surface area (Å²) >= 11 is 1.72. The number of morpholine rings is 1. The van der Waals surface area contributed by atoms with Crippen LogP contribution in [0.2, 0.25) is 0 Å². The van der Waals surface area contributed by atoms with E-state index in [1.807, 2.05) is 29.8 Å². The van der Waals surface area contributed by atoms with Crippen molar-refractivity contribution in [2.75, 3.05) is 13.2 Å². The van der Waals surface area contributed by atoms with E-state index in [1.165, 1.54) is 5.01 Å². The van der Waals surface area contributed by atoms with Crippen molar-refractivity contribution >= 4 is 11.3 Å². The van der Waals surface area contributed by atoms with Gasteiger partial charge >= 0.3 is 0 Å². The second-order valence-corrected chi connectivity index (χ2v) is 6.68. The van der Waals surface area contributed by atoms with Crippen molar-refractivity contribution in [1.29, 1.82) is 0 Å². The molecule has 2 fully saturated rings. The second-order valence-electron chi connectivity index (χ2n) is 5.70. The summed E-state index contributed by atoms with van der Waals surface area (Å²) in [5.74, 6) is 0.689. The first-order chi connectivity index (χ1) is 10.9. The van der Waals surface area contributed by atoms with E-state index in [0.717, 1.165) is 32.5 Å². The van der Waals surface area contributed by atoms with Crippen molar-refractivity contribution in [3.8, 4) is 5.88 Å². The molecule has 2 aromatic heterocycles. The Kier molecular flexibility index (Phi) is 4.05. The third-order valence-corrected chi connectivity index (χ3v) is 5.15. The molecule has 2 aromatic rings. The highest BCUT2D eigenvalue weighted by Crippen LogP contribution is 2.33. The van der Waals surface area contributed by atoms with E-state index in [4.69, 9.17) is 9.47 Å². The van der Waals surface area contributed by atoms with Crippen molar-refractivity contribution in [2.24, 2.45) is 0 Å². The summed E-state index contributed by atoms with van der Waals surface area (Å²) in [6.07, 6.45) is 5.99. The van der Waals surface area contributed by atoms with Crippen LogP contribution in [0.5, 0.6) is 5.88 Å². The van der Waals surface area contributed by atoms with E-state index in [9.17, 15) is 0 Å². The second kappa shape index (κ2) is 6.32. The van der Waals surface area contributed by atoms with Crippen LogP contribution < -0.4 is 4.74 Å². The van der Waals surface area contributed by atoms with E-state index in [2.05, 4.69) is 14.9 Å². The molecule has 1 saturated carbocycles. The highest BCUT2D eigenvalue weighted by atomic mass is 32.1. The van der Waals surface area contributed by atoms with Crippen LogP contribution >= 0.6 is 11.3 Å². The Morgan fingerprint density at radius 1 is 1.27 bits per heavy atom. The molecule has 3 heterocycles. The Bertz CT molecular complexity index is 593. The van der Waals surface area contributed by atoms with Gasteiger partial charge in [0.05, 0.1) is 13.2 Å². The minimum Gasteiger partial charge on any atom is -0.472 e. The number of hydrogen-bond donors (Lipinski definition) is 0. The number of hydrogen-bond acceptors (Lipinski definition) is 6. The fraction of sp³-hybridized carbons (Fsp3) is 0.500. The number of nitrogens with zero attached hydrogens (tertiary/aromatic N) is 3. The fourth-order valence-corrected chi connectivity index (χ4v) is 4.03. The molecule has 0 bridgehead atoms. The van der Waals surface area contributed by atoms with Gasteiger partial charge in [-0.2, -0.15) is 0 Å². The molecular formula is C16H19N3O2S. The van der Waals surface area contributed by atoms with Crippen LogP contribution in [0.1, 0.15) is 17.8 Å². The molecule has 5 nitrogen and oxygen atoms in total. The smallest absolute Gasteiger partial charge is 0.213 e. The molecule has 2 aliphatic rings. The Morgan fingerprint density at radius 3 is 3.09 bits per heavy atom. The van der Waals surface area contributed by atoms with E-state index >= 15 is 0 Å². The van der Waals surface area contributed by atoms with Gasteiger partial charge in [0.2, 0.25) is 5.88 Å². The molecule has 0 N–H and O–H groups in total. The number of pyridine rings is 1. The summed E-state index contributed by atoms with van der Waals surface area (Å²) in [5, 5.41) is 3.21. The van der Waals surface area contributed by atoms with Gasteiger partial charge < -0.3 is 9.47 Å². The van der Waals surface area contributed by atoms with Crippen LogP contribution in [-0.4, -0.2) is 46.3 Å². The van der Waals surface area contributed by atoms with Crippen LogP contribution in [0.15, 0.2) is 36.0 Å². The highest BCUT2D eigenvalue weighted by molar-refractivity contribution is 7.09. The molecule has 0 aromatic carbocycles. The summed E-state index contributed by atoms with van der Waals surface area (Å²) < 4.78 is 12.1. The lowest BCUT2D eigenvalue weighted by Gasteiger charge is -2.38. The molecule has 1 aliphatic carbocycles. The van der Waals surface area contributed by atoms with E-state index < -0.39 is 0 Å². The van der Waals surface area contributed by atoms with Crippen molar-refractivity contribution in [2.45, 2.75) is 37.6 Å². The Labute approximate surface area is 133 Å². The maximum absolute atomic E-state index is 6.05. The van der Waals surface area contributed by atoms with Gasteiger partial charge in [-0.1, -0.05) is 6.07 Å².